The Morgan fingerprint density at radius 3 is 2.24 bits per heavy atom. The van der Waals surface area contributed by atoms with Crippen molar-refractivity contribution in [2.75, 3.05) is 32.7 Å². The molecule has 1 aliphatic heterocycles. The normalized spacial score (nSPS) is 15.6. The van der Waals surface area contributed by atoms with E-state index in [1.807, 2.05) is 37.5 Å². The van der Waals surface area contributed by atoms with E-state index in [1.165, 1.54) is 35.4 Å². The lowest BCUT2D eigenvalue weighted by Gasteiger charge is -2.34. The van der Waals surface area contributed by atoms with Crippen molar-refractivity contribution in [3.05, 3.63) is 95.6 Å². The lowest BCUT2D eigenvalue weighted by atomic mass is 10.1. The summed E-state index contributed by atoms with van der Waals surface area (Å²) in [7, 11) is 0. The SMILES string of the molecule is C[C@@H](CNC(=O)c1ccc(F)cc1)Oc1ccc(CN2CCN(Cc3cccnc3)CC2)cc1. The minimum absolute atomic E-state index is 0.192. The Hall–Kier alpha value is -3.29. The molecule has 6 nitrogen and oxygen atoms in total. The summed E-state index contributed by atoms with van der Waals surface area (Å²) >= 11 is 0. The van der Waals surface area contributed by atoms with Crippen LogP contribution in [0.15, 0.2) is 73.1 Å². The van der Waals surface area contributed by atoms with Crippen LogP contribution in [0, 0.1) is 5.82 Å². The van der Waals surface area contributed by atoms with E-state index in [2.05, 4.69) is 38.3 Å². The zero-order chi connectivity index (χ0) is 23.8. The molecule has 0 bridgehead atoms. The summed E-state index contributed by atoms with van der Waals surface area (Å²) in [5.41, 5.74) is 2.94. The van der Waals surface area contributed by atoms with Crippen molar-refractivity contribution in [1.29, 1.82) is 0 Å². The van der Waals surface area contributed by atoms with Gasteiger partial charge in [0.25, 0.3) is 5.91 Å². The van der Waals surface area contributed by atoms with Gasteiger partial charge in [0.1, 0.15) is 17.7 Å². The fraction of sp³-hybridized carbons (Fsp3) is 0.333. The smallest absolute Gasteiger partial charge is 0.251 e. The minimum Gasteiger partial charge on any atom is -0.489 e. The number of hydrogen-bond donors (Lipinski definition) is 1. The molecule has 0 aliphatic carbocycles. The highest BCUT2D eigenvalue weighted by Gasteiger charge is 2.17. The summed E-state index contributed by atoms with van der Waals surface area (Å²) in [5.74, 6) is 0.166. The van der Waals surface area contributed by atoms with Gasteiger partial charge in [-0.25, -0.2) is 4.39 Å². The maximum atomic E-state index is 13.0. The molecule has 0 unspecified atom stereocenters. The largest absolute Gasteiger partial charge is 0.489 e. The Labute approximate surface area is 200 Å². The number of pyridine rings is 1. The van der Waals surface area contributed by atoms with Crippen molar-refractivity contribution in [2.45, 2.75) is 26.1 Å². The van der Waals surface area contributed by atoms with Crippen LogP contribution in [0.3, 0.4) is 0 Å². The summed E-state index contributed by atoms with van der Waals surface area (Å²) in [5, 5.41) is 2.82. The summed E-state index contributed by atoms with van der Waals surface area (Å²) in [6.07, 6.45) is 3.56. The van der Waals surface area contributed by atoms with Gasteiger partial charge in [-0.05, 0) is 60.5 Å². The van der Waals surface area contributed by atoms with Gasteiger partial charge in [-0.2, -0.15) is 0 Å². The standard InChI is InChI=1S/C27H31FN4O2/c1-21(17-30-27(33)24-6-8-25(28)9-7-24)34-26-10-4-22(5-11-26)19-31-13-15-32(16-14-31)20-23-3-2-12-29-18-23/h2-12,18,21H,13-17,19-20H2,1H3,(H,30,33)/t21-/m0/s1. The quantitative estimate of drug-likeness (QED) is 0.525. The Bertz CT molecular complexity index is 1040. The van der Waals surface area contributed by atoms with E-state index in [1.54, 1.807) is 0 Å². The molecule has 1 fully saturated rings. The second-order valence-corrected chi connectivity index (χ2v) is 8.70. The number of nitrogens with one attached hydrogen (secondary N) is 1. The first-order valence-electron chi connectivity index (χ1n) is 11.7. The van der Waals surface area contributed by atoms with E-state index in [-0.39, 0.29) is 17.8 Å². The number of amides is 1. The van der Waals surface area contributed by atoms with E-state index in [4.69, 9.17) is 4.74 Å². The second kappa shape index (κ2) is 11.7. The minimum atomic E-state index is -0.361. The van der Waals surface area contributed by atoms with Crippen LogP contribution in [0.25, 0.3) is 0 Å². The number of hydrogen-bond acceptors (Lipinski definition) is 5. The average Bonchev–Trinajstić information content (AvgIpc) is 2.86. The molecule has 178 valence electrons. The highest BCUT2D eigenvalue weighted by molar-refractivity contribution is 5.94. The third-order valence-electron chi connectivity index (χ3n) is 5.92. The number of halogens is 1. The lowest BCUT2D eigenvalue weighted by Crippen LogP contribution is -2.45. The second-order valence-electron chi connectivity index (χ2n) is 8.70. The monoisotopic (exact) mass is 462 g/mol. The number of benzene rings is 2. The Balaban J connectivity index is 1.17. The molecule has 1 aliphatic rings. The van der Waals surface area contributed by atoms with Gasteiger partial charge in [-0.1, -0.05) is 18.2 Å². The van der Waals surface area contributed by atoms with Gasteiger partial charge in [0.05, 0.1) is 6.54 Å². The van der Waals surface area contributed by atoms with Gasteiger partial charge < -0.3 is 10.1 Å². The highest BCUT2D eigenvalue weighted by Crippen LogP contribution is 2.16. The fourth-order valence-corrected chi connectivity index (χ4v) is 4.00. The van der Waals surface area contributed by atoms with Crippen molar-refractivity contribution in [1.82, 2.24) is 20.1 Å². The number of piperazine rings is 1. The number of carbonyl (C=O) groups is 1. The maximum Gasteiger partial charge on any atom is 0.251 e. The van der Waals surface area contributed by atoms with Gasteiger partial charge >= 0.3 is 0 Å². The molecule has 1 saturated heterocycles. The highest BCUT2D eigenvalue weighted by atomic mass is 19.1. The molecule has 1 N–H and O–H groups in total. The molecular weight excluding hydrogens is 431 g/mol. The maximum absolute atomic E-state index is 13.0. The Morgan fingerprint density at radius 2 is 1.62 bits per heavy atom. The molecule has 7 heteroatoms. The Morgan fingerprint density at radius 1 is 0.971 bits per heavy atom. The first-order valence-corrected chi connectivity index (χ1v) is 11.7. The van der Waals surface area contributed by atoms with Crippen molar-refractivity contribution in [3.63, 3.8) is 0 Å². The van der Waals surface area contributed by atoms with Crippen LogP contribution in [0.5, 0.6) is 5.75 Å². The van der Waals surface area contributed by atoms with Crippen molar-refractivity contribution < 1.29 is 13.9 Å². The van der Waals surface area contributed by atoms with E-state index >= 15 is 0 Å². The van der Waals surface area contributed by atoms with Gasteiger partial charge in [-0.15, -0.1) is 0 Å². The van der Waals surface area contributed by atoms with Crippen molar-refractivity contribution in [2.24, 2.45) is 0 Å². The van der Waals surface area contributed by atoms with Crippen LogP contribution in [0.2, 0.25) is 0 Å². The van der Waals surface area contributed by atoms with Crippen molar-refractivity contribution in [3.8, 4) is 5.75 Å². The zero-order valence-electron chi connectivity index (χ0n) is 19.5. The first kappa shape index (κ1) is 23.9. The summed E-state index contributed by atoms with van der Waals surface area (Å²) in [6.45, 7) is 8.34. The molecule has 2 heterocycles. The molecule has 1 aromatic heterocycles. The zero-order valence-corrected chi connectivity index (χ0v) is 19.5. The van der Waals surface area contributed by atoms with Gasteiger partial charge in [-0.3, -0.25) is 19.6 Å². The number of rotatable bonds is 9. The predicted molar refractivity (Wildman–Crippen MR) is 130 cm³/mol. The van der Waals surface area contributed by atoms with Crippen LogP contribution >= 0.6 is 0 Å². The van der Waals surface area contributed by atoms with Crippen LogP contribution in [0.1, 0.15) is 28.4 Å². The van der Waals surface area contributed by atoms with Crippen molar-refractivity contribution >= 4 is 5.91 Å². The molecule has 0 radical (unpaired) electrons. The third kappa shape index (κ3) is 7.10. The lowest BCUT2D eigenvalue weighted by molar-refractivity contribution is 0.0932. The average molecular weight is 463 g/mol. The molecule has 3 aromatic rings. The van der Waals surface area contributed by atoms with Crippen LogP contribution in [-0.4, -0.2) is 59.5 Å². The van der Waals surface area contributed by atoms with Crippen LogP contribution < -0.4 is 10.1 Å². The number of ether oxygens (including phenoxy) is 1. The molecular formula is C27H31FN4O2. The molecule has 0 spiro atoms. The van der Waals surface area contributed by atoms with Gasteiger partial charge in [0.15, 0.2) is 0 Å². The Kier molecular flexibility index (Phi) is 8.22. The number of aromatic nitrogens is 1. The number of carbonyl (C=O) groups excluding carboxylic acids is 1. The molecule has 4 rings (SSSR count). The molecule has 0 saturated carbocycles. The van der Waals surface area contributed by atoms with Gasteiger partial charge in [0.2, 0.25) is 0 Å². The number of nitrogens with zero attached hydrogens (tertiary/aromatic N) is 3. The van der Waals surface area contributed by atoms with Crippen LogP contribution in [-0.2, 0) is 13.1 Å². The van der Waals surface area contributed by atoms with E-state index in [9.17, 15) is 9.18 Å². The molecule has 34 heavy (non-hydrogen) atoms. The summed E-state index contributed by atoms with van der Waals surface area (Å²) in [6, 6.07) is 17.8. The van der Waals surface area contributed by atoms with E-state index in [0.717, 1.165) is 45.0 Å². The van der Waals surface area contributed by atoms with E-state index in [0.29, 0.717) is 12.1 Å². The fourth-order valence-electron chi connectivity index (χ4n) is 4.00. The first-order chi connectivity index (χ1) is 16.5. The molecule has 1 atom stereocenters. The predicted octanol–water partition coefficient (Wildman–Crippen LogP) is 3.74. The molecule has 2 aromatic carbocycles. The van der Waals surface area contributed by atoms with Gasteiger partial charge in [0, 0.05) is 57.2 Å². The summed E-state index contributed by atoms with van der Waals surface area (Å²) in [4.78, 5) is 21.3. The van der Waals surface area contributed by atoms with Crippen LogP contribution in [0.4, 0.5) is 4.39 Å². The molecule has 1 amide bonds. The topological polar surface area (TPSA) is 57.7 Å². The third-order valence-corrected chi connectivity index (χ3v) is 5.92. The van der Waals surface area contributed by atoms with E-state index < -0.39 is 0 Å². The summed E-state index contributed by atoms with van der Waals surface area (Å²) < 4.78 is 18.9.